The third-order valence-electron chi connectivity index (χ3n) is 2.59. The molecule has 108 valence electrons. The zero-order chi connectivity index (χ0) is 14.6. The van der Waals surface area contributed by atoms with Gasteiger partial charge < -0.3 is 19.4 Å². The summed E-state index contributed by atoms with van der Waals surface area (Å²) in [4.78, 5) is 11.9. The predicted octanol–water partition coefficient (Wildman–Crippen LogP) is 1.78. The van der Waals surface area contributed by atoms with Crippen molar-refractivity contribution < 1.29 is 18.8 Å². The van der Waals surface area contributed by atoms with E-state index in [0.29, 0.717) is 17.3 Å². The van der Waals surface area contributed by atoms with Crippen LogP contribution in [-0.2, 0) is 0 Å². The molecule has 2 aromatic heterocycles. The van der Waals surface area contributed by atoms with E-state index < -0.39 is 11.5 Å². The predicted molar refractivity (Wildman–Crippen MR) is 75.5 cm³/mol. The quantitative estimate of drug-likeness (QED) is 0.844. The fraction of sp³-hybridized carbons (Fsp3) is 0.385. The largest absolute Gasteiger partial charge is 0.461 e. The van der Waals surface area contributed by atoms with Crippen molar-refractivity contribution in [1.29, 1.82) is 0 Å². The summed E-state index contributed by atoms with van der Waals surface area (Å²) in [7, 11) is 0. The highest BCUT2D eigenvalue weighted by molar-refractivity contribution is 7.98. The van der Waals surface area contributed by atoms with Gasteiger partial charge in [-0.15, -0.1) is 0 Å². The lowest BCUT2D eigenvalue weighted by molar-refractivity contribution is 0.0720. The van der Waals surface area contributed by atoms with Crippen LogP contribution in [0.1, 0.15) is 17.4 Å². The van der Waals surface area contributed by atoms with Gasteiger partial charge in [-0.2, -0.15) is 11.8 Å². The van der Waals surface area contributed by atoms with Crippen molar-refractivity contribution in [2.45, 2.75) is 12.5 Å². The summed E-state index contributed by atoms with van der Waals surface area (Å²) < 4.78 is 10.2. The molecule has 0 spiro atoms. The van der Waals surface area contributed by atoms with Gasteiger partial charge in [-0.3, -0.25) is 4.79 Å². The van der Waals surface area contributed by atoms with E-state index in [9.17, 15) is 9.90 Å². The molecule has 1 amide bonds. The smallest absolute Gasteiger partial charge is 0.273 e. The van der Waals surface area contributed by atoms with Crippen molar-refractivity contribution >= 4 is 17.7 Å². The number of hydrogen-bond donors (Lipinski definition) is 2. The summed E-state index contributed by atoms with van der Waals surface area (Å²) in [6.07, 6.45) is 3.40. The first-order valence-corrected chi connectivity index (χ1v) is 7.41. The van der Waals surface area contributed by atoms with Gasteiger partial charge in [0.15, 0.2) is 11.5 Å². The van der Waals surface area contributed by atoms with Gasteiger partial charge in [0.05, 0.1) is 11.9 Å². The Morgan fingerprint density at radius 1 is 1.55 bits per heavy atom. The molecule has 0 aromatic carbocycles. The highest BCUT2D eigenvalue weighted by Gasteiger charge is 2.22. The number of amides is 1. The second-order valence-electron chi connectivity index (χ2n) is 4.67. The number of carbonyl (C=O) groups is 1. The fourth-order valence-electron chi connectivity index (χ4n) is 1.64. The van der Waals surface area contributed by atoms with E-state index in [2.05, 4.69) is 10.5 Å². The van der Waals surface area contributed by atoms with Crippen LogP contribution in [-0.4, -0.2) is 40.3 Å². The molecule has 2 N–H and O–H groups in total. The Labute approximate surface area is 120 Å². The van der Waals surface area contributed by atoms with E-state index in [-0.39, 0.29) is 12.2 Å². The second-order valence-corrected chi connectivity index (χ2v) is 5.53. The summed E-state index contributed by atoms with van der Waals surface area (Å²) in [5.74, 6) is 1.03. The van der Waals surface area contributed by atoms with Gasteiger partial charge in [-0.05, 0) is 25.3 Å². The molecule has 6 nitrogen and oxygen atoms in total. The topological polar surface area (TPSA) is 88.5 Å². The number of thioether (sulfide) groups is 1. The van der Waals surface area contributed by atoms with Crippen LogP contribution in [0, 0.1) is 0 Å². The van der Waals surface area contributed by atoms with Crippen molar-refractivity contribution in [2.24, 2.45) is 0 Å². The number of carbonyl (C=O) groups excluding carboxylic acids is 1. The van der Waals surface area contributed by atoms with E-state index in [4.69, 9.17) is 8.94 Å². The lowest BCUT2D eigenvalue weighted by Gasteiger charge is -2.21. The first-order valence-electron chi connectivity index (χ1n) is 6.02. The molecule has 0 radical (unpaired) electrons. The Bertz CT molecular complexity index is 563. The summed E-state index contributed by atoms with van der Waals surface area (Å²) in [6, 6.07) is 4.93. The molecular weight excluding hydrogens is 280 g/mol. The molecule has 0 aliphatic heterocycles. The van der Waals surface area contributed by atoms with Crippen LogP contribution in [0.4, 0.5) is 0 Å². The molecule has 0 aliphatic rings. The molecule has 2 rings (SSSR count). The van der Waals surface area contributed by atoms with Gasteiger partial charge in [0.2, 0.25) is 5.76 Å². The van der Waals surface area contributed by atoms with E-state index >= 15 is 0 Å². The molecule has 0 saturated carbocycles. The van der Waals surface area contributed by atoms with Crippen LogP contribution >= 0.6 is 11.8 Å². The molecule has 0 saturated heterocycles. The second kappa shape index (κ2) is 6.15. The lowest BCUT2D eigenvalue weighted by Crippen LogP contribution is -2.42. The fourth-order valence-corrected chi connectivity index (χ4v) is 2.36. The molecule has 20 heavy (non-hydrogen) atoms. The van der Waals surface area contributed by atoms with Crippen molar-refractivity contribution in [3.05, 3.63) is 30.2 Å². The van der Waals surface area contributed by atoms with E-state index in [1.54, 1.807) is 19.1 Å². The number of rotatable bonds is 6. The third kappa shape index (κ3) is 3.64. The van der Waals surface area contributed by atoms with Crippen LogP contribution in [0.25, 0.3) is 11.5 Å². The first-order chi connectivity index (χ1) is 9.52. The van der Waals surface area contributed by atoms with Gasteiger partial charge in [0.1, 0.15) is 0 Å². The molecule has 0 fully saturated rings. The summed E-state index contributed by atoms with van der Waals surface area (Å²) in [5.41, 5.74) is -0.806. The average Bonchev–Trinajstić information content (AvgIpc) is 3.06. The SMILES string of the molecule is CSC[C@](C)(O)CNC(=O)c1cc(-c2ccco2)on1. The Hall–Kier alpha value is -1.73. The number of nitrogens with zero attached hydrogens (tertiary/aromatic N) is 1. The van der Waals surface area contributed by atoms with Crippen LogP contribution < -0.4 is 5.32 Å². The Morgan fingerprint density at radius 2 is 2.35 bits per heavy atom. The van der Waals surface area contributed by atoms with Crippen LogP contribution in [0.2, 0.25) is 0 Å². The van der Waals surface area contributed by atoms with Crippen molar-refractivity contribution in [3.8, 4) is 11.5 Å². The van der Waals surface area contributed by atoms with Crippen molar-refractivity contribution in [1.82, 2.24) is 10.5 Å². The molecular formula is C13H16N2O4S. The van der Waals surface area contributed by atoms with Crippen LogP contribution in [0.3, 0.4) is 0 Å². The number of aromatic nitrogens is 1. The minimum absolute atomic E-state index is 0.148. The lowest BCUT2D eigenvalue weighted by atomic mass is 10.1. The monoisotopic (exact) mass is 296 g/mol. The van der Waals surface area contributed by atoms with Gasteiger partial charge in [0.25, 0.3) is 5.91 Å². The van der Waals surface area contributed by atoms with Gasteiger partial charge in [-0.1, -0.05) is 5.16 Å². The van der Waals surface area contributed by atoms with Crippen LogP contribution in [0.15, 0.2) is 33.4 Å². The zero-order valence-electron chi connectivity index (χ0n) is 11.3. The zero-order valence-corrected chi connectivity index (χ0v) is 12.1. The van der Waals surface area contributed by atoms with Gasteiger partial charge in [0, 0.05) is 18.4 Å². The number of hydrogen-bond acceptors (Lipinski definition) is 6. The highest BCUT2D eigenvalue weighted by atomic mass is 32.2. The number of aliphatic hydroxyl groups is 1. The minimum atomic E-state index is -0.956. The van der Waals surface area contributed by atoms with E-state index in [1.807, 2.05) is 6.26 Å². The minimum Gasteiger partial charge on any atom is -0.461 e. The molecule has 2 aromatic rings. The van der Waals surface area contributed by atoms with Gasteiger partial charge >= 0.3 is 0 Å². The van der Waals surface area contributed by atoms with Crippen molar-refractivity contribution in [3.63, 3.8) is 0 Å². The number of nitrogens with one attached hydrogen (secondary N) is 1. The standard InChI is InChI=1S/C13H16N2O4S/c1-13(17,8-20-2)7-14-12(16)9-6-11(19-15-9)10-4-3-5-18-10/h3-6,17H,7-8H2,1-2H3,(H,14,16)/t13-/m1/s1. The Kier molecular flexibility index (Phi) is 4.51. The van der Waals surface area contributed by atoms with Gasteiger partial charge in [-0.25, -0.2) is 0 Å². The normalized spacial score (nSPS) is 13.9. The molecule has 7 heteroatoms. The molecule has 1 atom stereocenters. The average molecular weight is 296 g/mol. The maximum atomic E-state index is 11.9. The number of furan rings is 1. The third-order valence-corrected chi connectivity index (χ3v) is 3.50. The maximum absolute atomic E-state index is 11.9. The molecule has 0 aliphatic carbocycles. The summed E-state index contributed by atoms with van der Waals surface area (Å²) in [5, 5.41) is 16.3. The Balaban J connectivity index is 1.97. The summed E-state index contributed by atoms with van der Waals surface area (Å²) >= 11 is 1.51. The van der Waals surface area contributed by atoms with Crippen molar-refractivity contribution in [2.75, 3.05) is 18.6 Å². The summed E-state index contributed by atoms with van der Waals surface area (Å²) in [6.45, 7) is 1.82. The molecule has 0 bridgehead atoms. The van der Waals surface area contributed by atoms with Crippen LogP contribution in [0.5, 0.6) is 0 Å². The van der Waals surface area contributed by atoms with E-state index in [1.165, 1.54) is 24.1 Å². The molecule has 0 unspecified atom stereocenters. The highest BCUT2D eigenvalue weighted by Crippen LogP contribution is 2.20. The van der Waals surface area contributed by atoms with E-state index in [0.717, 1.165) is 0 Å². The Morgan fingerprint density at radius 3 is 3.00 bits per heavy atom. The molecule has 2 heterocycles. The first kappa shape index (κ1) is 14.7. The maximum Gasteiger partial charge on any atom is 0.273 e.